The van der Waals surface area contributed by atoms with Gasteiger partial charge in [0.1, 0.15) is 18.2 Å². The fourth-order valence-electron chi connectivity index (χ4n) is 2.58. The quantitative estimate of drug-likeness (QED) is 0.620. The fourth-order valence-corrected chi connectivity index (χ4v) is 4.21. The van der Waals surface area contributed by atoms with Crippen molar-refractivity contribution >= 4 is 38.9 Å². The van der Waals surface area contributed by atoms with Gasteiger partial charge in [0.2, 0.25) is 5.91 Å². The highest BCUT2D eigenvalue weighted by molar-refractivity contribution is 7.92. The number of carbonyl (C=O) groups is 1. The molecule has 0 aliphatic rings. The molecule has 3 rings (SSSR count). The Hall–Kier alpha value is -2.97. The van der Waals surface area contributed by atoms with Crippen molar-refractivity contribution < 1.29 is 22.0 Å². The van der Waals surface area contributed by atoms with Gasteiger partial charge in [0.25, 0.3) is 10.0 Å². The Kier molecular flexibility index (Phi) is 6.14. The van der Waals surface area contributed by atoms with Crippen molar-refractivity contribution in [3.05, 3.63) is 89.5 Å². The molecule has 9 heteroatoms. The molecule has 29 heavy (non-hydrogen) atoms. The molecular formula is C20H15ClF2N2O3S. The first-order valence-electron chi connectivity index (χ1n) is 8.36. The van der Waals surface area contributed by atoms with Crippen LogP contribution in [0.3, 0.4) is 0 Å². The third kappa shape index (κ3) is 4.72. The highest BCUT2D eigenvalue weighted by Crippen LogP contribution is 2.26. The smallest absolute Gasteiger partial charge is 0.264 e. The molecule has 1 N–H and O–H groups in total. The van der Waals surface area contributed by atoms with Crippen LogP contribution in [-0.2, 0) is 14.8 Å². The van der Waals surface area contributed by atoms with Crippen molar-refractivity contribution in [1.29, 1.82) is 0 Å². The van der Waals surface area contributed by atoms with Gasteiger partial charge in [0.05, 0.1) is 15.6 Å². The summed E-state index contributed by atoms with van der Waals surface area (Å²) in [6.07, 6.45) is 0. The first-order chi connectivity index (χ1) is 13.8. The van der Waals surface area contributed by atoms with Crippen LogP contribution in [0.15, 0.2) is 77.7 Å². The number of hydrogen-bond acceptors (Lipinski definition) is 3. The van der Waals surface area contributed by atoms with Gasteiger partial charge in [-0.05, 0) is 42.5 Å². The van der Waals surface area contributed by atoms with E-state index in [2.05, 4.69) is 5.32 Å². The van der Waals surface area contributed by atoms with Crippen molar-refractivity contribution in [1.82, 2.24) is 0 Å². The minimum atomic E-state index is -4.23. The van der Waals surface area contributed by atoms with Crippen LogP contribution in [0.25, 0.3) is 0 Å². The van der Waals surface area contributed by atoms with E-state index in [0.29, 0.717) is 4.31 Å². The van der Waals surface area contributed by atoms with Gasteiger partial charge in [-0.15, -0.1) is 0 Å². The fraction of sp³-hybridized carbons (Fsp3) is 0.0500. The Morgan fingerprint density at radius 3 is 2.24 bits per heavy atom. The van der Waals surface area contributed by atoms with E-state index in [4.69, 9.17) is 11.6 Å². The largest absolute Gasteiger partial charge is 0.324 e. The molecule has 0 fully saturated rings. The molecule has 0 unspecified atom stereocenters. The molecule has 0 aliphatic carbocycles. The van der Waals surface area contributed by atoms with Crippen LogP contribution in [0, 0.1) is 11.6 Å². The lowest BCUT2D eigenvalue weighted by atomic mass is 10.3. The number of halogens is 3. The number of sulfonamides is 1. The summed E-state index contributed by atoms with van der Waals surface area (Å²) in [7, 11) is -4.23. The van der Waals surface area contributed by atoms with Crippen LogP contribution in [0.2, 0.25) is 5.02 Å². The number of para-hydroxylation sites is 1. The number of nitrogens with zero attached hydrogens (tertiary/aromatic N) is 1. The van der Waals surface area contributed by atoms with Crippen molar-refractivity contribution in [2.24, 2.45) is 0 Å². The molecule has 0 aliphatic heterocycles. The Bertz CT molecular complexity index is 1140. The van der Waals surface area contributed by atoms with Crippen molar-refractivity contribution in [2.75, 3.05) is 16.2 Å². The molecule has 0 atom stereocenters. The topological polar surface area (TPSA) is 66.5 Å². The van der Waals surface area contributed by atoms with Crippen LogP contribution in [-0.4, -0.2) is 20.9 Å². The Balaban J connectivity index is 1.94. The second-order valence-electron chi connectivity index (χ2n) is 5.95. The predicted molar refractivity (Wildman–Crippen MR) is 107 cm³/mol. The molecule has 0 saturated heterocycles. The molecule has 3 aromatic carbocycles. The second kappa shape index (κ2) is 8.59. The molecule has 0 radical (unpaired) electrons. The van der Waals surface area contributed by atoms with Crippen molar-refractivity contribution in [3.8, 4) is 0 Å². The highest BCUT2D eigenvalue weighted by atomic mass is 35.5. The van der Waals surface area contributed by atoms with Gasteiger partial charge >= 0.3 is 0 Å². The van der Waals surface area contributed by atoms with E-state index >= 15 is 0 Å². The second-order valence-corrected chi connectivity index (χ2v) is 8.22. The standard InChI is InChI=1S/C20H15ClF2N2O3S/c21-16-12-14(10-11-17(16)22)24-20(26)13-25(19-9-5-4-8-18(19)23)29(27,28)15-6-2-1-3-7-15/h1-12H,13H2,(H,24,26). The number of amides is 1. The molecule has 0 saturated carbocycles. The number of rotatable bonds is 6. The molecule has 3 aromatic rings. The van der Waals surface area contributed by atoms with Crippen LogP contribution in [0.1, 0.15) is 0 Å². The first kappa shape index (κ1) is 20.8. The Labute approximate surface area is 171 Å². The molecular weight excluding hydrogens is 422 g/mol. The summed E-state index contributed by atoms with van der Waals surface area (Å²) in [6, 6.07) is 16.1. The van der Waals surface area contributed by atoms with E-state index in [0.717, 1.165) is 12.1 Å². The number of nitrogens with one attached hydrogen (secondary N) is 1. The summed E-state index contributed by atoms with van der Waals surface area (Å²) in [5.41, 5.74) is -0.101. The number of hydrogen-bond donors (Lipinski definition) is 1. The molecule has 5 nitrogen and oxygen atoms in total. The van der Waals surface area contributed by atoms with Gasteiger partial charge in [-0.1, -0.05) is 41.9 Å². The maximum Gasteiger partial charge on any atom is 0.264 e. The van der Waals surface area contributed by atoms with Crippen LogP contribution >= 0.6 is 11.6 Å². The minimum absolute atomic E-state index is 0.0964. The summed E-state index contributed by atoms with van der Waals surface area (Å²) in [6.45, 7) is -0.701. The zero-order valence-electron chi connectivity index (χ0n) is 14.8. The van der Waals surface area contributed by atoms with Gasteiger partial charge in [0, 0.05) is 5.69 Å². The van der Waals surface area contributed by atoms with Crippen molar-refractivity contribution in [2.45, 2.75) is 4.90 Å². The molecule has 0 heterocycles. The normalized spacial score (nSPS) is 11.1. The van der Waals surface area contributed by atoms with Gasteiger partial charge < -0.3 is 5.32 Å². The zero-order valence-corrected chi connectivity index (χ0v) is 16.4. The first-order valence-corrected chi connectivity index (χ1v) is 10.2. The zero-order chi connectivity index (χ0) is 21.0. The number of anilines is 2. The number of carbonyl (C=O) groups excluding carboxylic acids is 1. The monoisotopic (exact) mass is 436 g/mol. The van der Waals surface area contributed by atoms with Crippen molar-refractivity contribution in [3.63, 3.8) is 0 Å². The van der Waals surface area contributed by atoms with E-state index in [9.17, 15) is 22.0 Å². The van der Waals surface area contributed by atoms with Crippen LogP contribution < -0.4 is 9.62 Å². The summed E-state index contributed by atoms with van der Waals surface area (Å²) in [5, 5.41) is 2.23. The SMILES string of the molecule is O=C(CN(c1ccccc1F)S(=O)(=O)c1ccccc1)Nc1ccc(F)c(Cl)c1. The Morgan fingerprint density at radius 1 is 0.931 bits per heavy atom. The maximum atomic E-state index is 14.4. The molecule has 0 bridgehead atoms. The predicted octanol–water partition coefficient (Wildman–Crippen LogP) is 4.45. The van der Waals surface area contributed by atoms with Gasteiger partial charge in [-0.3, -0.25) is 9.10 Å². The summed E-state index contributed by atoms with van der Waals surface area (Å²) in [4.78, 5) is 12.4. The number of benzene rings is 3. The molecule has 0 aromatic heterocycles. The van der Waals surface area contributed by atoms with Crippen LogP contribution in [0.4, 0.5) is 20.2 Å². The maximum absolute atomic E-state index is 14.4. The third-order valence-corrected chi connectivity index (χ3v) is 6.01. The average molecular weight is 437 g/mol. The summed E-state index contributed by atoms with van der Waals surface area (Å²) in [5.74, 6) is -2.22. The van der Waals surface area contributed by atoms with E-state index < -0.39 is 34.1 Å². The van der Waals surface area contributed by atoms with Gasteiger partial charge in [-0.2, -0.15) is 0 Å². The summed E-state index contributed by atoms with van der Waals surface area (Å²) >= 11 is 5.69. The van der Waals surface area contributed by atoms with E-state index in [-0.39, 0.29) is 21.3 Å². The molecule has 0 spiro atoms. The lowest BCUT2D eigenvalue weighted by Crippen LogP contribution is -2.38. The van der Waals surface area contributed by atoms with Crippen LogP contribution in [0.5, 0.6) is 0 Å². The summed E-state index contributed by atoms with van der Waals surface area (Å²) < 4.78 is 54.5. The van der Waals surface area contributed by atoms with E-state index in [1.807, 2.05) is 0 Å². The lowest BCUT2D eigenvalue weighted by molar-refractivity contribution is -0.114. The highest BCUT2D eigenvalue weighted by Gasteiger charge is 2.29. The van der Waals surface area contributed by atoms with E-state index in [1.165, 1.54) is 54.6 Å². The average Bonchev–Trinajstić information content (AvgIpc) is 2.70. The lowest BCUT2D eigenvalue weighted by Gasteiger charge is -2.24. The van der Waals surface area contributed by atoms with Gasteiger partial charge in [-0.25, -0.2) is 17.2 Å². The Morgan fingerprint density at radius 2 is 1.59 bits per heavy atom. The minimum Gasteiger partial charge on any atom is -0.324 e. The third-order valence-electron chi connectivity index (χ3n) is 3.94. The van der Waals surface area contributed by atoms with Gasteiger partial charge in [0.15, 0.2) is 0 Å². The van der Waals surface area contributed by atoms with E-state index in [1.54, 1.807) is 6.07 Å². The molecule has 150 valence electrons. The molecule has 1 amide bonds.